The maximum absolute atomic E-state index is 13.1. The molecule has 0 unspecified atom stereocenters. The molecular formula is C19H27N3O3S. The third-order valence-corrected chi connectivity index (χ3v) is 6.53. The Morgan fingerprint density at radius 2 is 1.69 bits per heavy atom. The Balaban J connectivity index is 2.45. The van der Waals surface area contributed by atoms with Gasteiger partial charge < -0.3 is 9.47 Å². The van der Waals surface area contributed by atoms with Gasteiger partial charge in [0.2, 0.25) is 10.0 Å². The highest BCUT2D eigenvalue weighted by atomic mass is 32.2. The fourth-order valence-corrected chi connectivity index (χ4v) is 4.56. The third-order valence-electron chi connectivity index (χ3n) is 4.51. The minimum atomic E-state index is -3.60. The van der Waals surface area contributed by atoms with Crippen molar-refractivity contribution in [3.8, 4) is 0 Å². The number of rotatable bonds is 7. The summed E-state index contributed by atoms with van der Waals surface area (Å²) in [6, 6.07) is 9.13. The van der Waals surface area contributed by atoms with Crippen LogP contribution in [0.2, 0.25) is 0 Å². The van der Waals surface area contributed by atoms with Crippen molar-refractivity contribution in [1.82, 2.24) is 8.87 Å². The van der Waals surface area contributed by atoms with Crippen LogP contribution in [0.3, 0.4) is 0 Å². The first kappa shape index (κ1) is 20.2. The number of amides is 1. The number of benzene rings is 1. The fourth-order valence-electron chi connectivity index (χ4n) is 3.03. The molecule has 0 atom stereocenters. The van der Waals surface area contributed by atoms with E-state index in [4.69, 9.17) is 0 Å². The van der Waals surface area contributed by atoms with Crippen LogP contribution >= 0.6 is 0 Å². The molecular weight excluding hydrogens is 350 g/mol. The van der Waals surface area contributed by atoms with E-state index in [0.717, 1.165) is 11.3 Å². The molecule has 6 nitrogen and oxygen atoms in total. The number of carbonyl (C=O) groups excluding carboxylic acids is 1. The topological polar surface area (TPSA) is 62.6 Å². The average Bonchev–Trinajstić information content (AvgIpc) is 3.00. The van der Waals surface area contributed by atoms with E-state index in [9.17, 15) is 13.2 Å². The monoisotopic (exact) mass is 377 g/mol. The van der Waals surface area contributed by atoms with Crippen molar-refractivity contribution in [2.45, 2.75) is 32.6 Å². The Morgan fingerprint density at radius 3 is 2.23 bits per heavy atom. The van der Waals surface area contributed by atoms with E-state index in [1.807, 2.05) is 38.1 Å². The van der Waals surface area contributed by atoms with Crippen molar-refractivity contribution in [3.63, 3.8) is 0 Å². The van der Waals surface area contributed by atoms with Gasteiger partial charge in [-0.25, -0.2) is 8.42 Å². The van der Waals surface area contributed by atoms with Crippen LogP contribution in [0.15, 0.2) is 41.4 Å². The first-order valence-electron chi connectivity index (χ1n) is 8.81. The van der Waals surface area contributed by atoms with Crippen molar-refractivity contribution < 1.29 is 13.2 Å². The van der Waals surface area contributed by atoms with E-state index in [2.05, 4.69) is 0 Å². The van der Waals surface area contributed by atoms with Gasteiger partial charge in [0.15, 0.2) is 0 Å². The number of anilines is 1. The minimum Gasteiger partial charge on any atom is -0.345 e. The van der Waals surface area contributed by atoms with Gasteiger partial charge in [-0.05, 0) is 31.5 Å². The number of aryl methyl sites for hydroxylation is 2. The number of sulfonamides is 1. The highest BCUT2D eigenvalue weighted by Crippen LogP contribution is 2.24. The van der Waals surface area contributed by atoms with Crippen LogP contribution in [0.25, 0.3) is 0 Å². The average molecular weight is 378 g/mol. The van der Waals surface area contributed by atoms with Gasteiger partial charge in [-0.2, -0.15) is 4.31 Å². The molecule has 2 rings (SSSR count). The van der Waals surface area contributed by atoms with Gasteiger partial charge in [-0.3, -0.25) is 4.79 Å². The van der Waals surface area contributed by atoms with E-state index in [1.165, 1.54) is 16.6 Å². The molecule has 1 aromatic carbocycles. The van der Waals surface area contributed by atoms with Gasteiger partial charge in [-0.1, -0.05) is 32.0 Å². The second kappa shape index (κ2) is 8.05. The molecule has 1 amide bonds. The van der Waals surface area contributed by atoms with Gasteiger partial charge in [0.1, 0.15) is 10.6 Å². The van der Waals surface area contributed by atoms with Crippen molar-refractivity contribution in [1.29, 1.82) is 0 Å². The maximum atomic E-state index is 13.1. The molecule has 0 bridgehead atoms. The zero-order chi connectivity index (χ0) is 19.5. The molecule has 1 aromatic heterocycles. The molecule has 7 heteroatoms. The van der Waals surface area contributed by atoms with Gasteiger partial charge >= 0.3 is 0 Å². The number of carbonyl (C=O) groups is 1. The number of aromatic nitrogens is 1. The molecule has 1 heterocycles. The van der Waals surface area contributed by atoms with Crippen LogP contribution in [0, 0.1) is 6.92 Å². The predicted molar refractivity (Wildman–Crippen MR) is 104 cm³/mol. The van der Waals surface area contributed by atoms with Crippen LogP contribution in [-0.4, -0.2) is 42.8 Å². The quantitative estimate of drug-likeness (QED) is 0.745. The summed E-state index contributed by atoms with van der Waals surface area (Å²) in [4.78, 5) is 14.9. The summed E-state index contributed by atoms with van der Waals surface area (Å²) in [5, 5.41) is 0. The lowest BCUT2D eigenvalue weighted by Gasteiger charge is -2.23. The SMILES string of the molecule is CCN(C(=O)c1cc(S(=O)(=O)N(CC)CC)cn1C)c1ccccc1C. The van der Waals surface area contributed by atoms with Gasteiger partial charge in [0.25, 0.3) is 5.91 Å². The highest BCUT2D eigenvalue weighted by Gasteiger charge is 2.27. The highest BCUT2D eigenvalue weighted by molar-refractivity contribution is 7.89. The third kappa shape index (κ3) is 3.68. The van der Waals surface area contributed by atoms with Crippen molar-refractivity contribution in [2.24, 2.45) is 7.05 Å². The molecule has 0 aliphatic carbocycles. The molecule has 0 N–H and O–H groups in total. The van der Waals surface area contributed by atoms with Gasteiger partial charge in [0.05, 0.1) is 0 Å². The van der Waals surface area contributed by atoms with Gasteiger partial charge in [0, 0.05) is 38.6 Å². The second-order valence-electron chi connectivity index (χ2n) is 6.10. The number of hydrogen-bond donors (Lipinski definition) is 0. The summed E-state index contributed by atoms with van der Waals surface area (Å²) in [5.74, 6) is -0.217. The lowest BCUT2D eigenvalue weighted by Crippen LogP contribution is -2.32. The van der Waals surface area contributed by atoms with Crippen LogP contribution in [0.1, 0.15) is 36.8 Å². The zero-order valence-corrected chi connectivity index (χ0v) is 16.9. The molecule has 26 heavy (non-hydrogen) atoms. The fraction of sp³-hybridized carbons (Fsp3) is 0.421. The summed E-state index contributed by atoms with van der Waals surface area (Å²) in [6.07, 6.45) is 1.51. The van der Waals surface area contributed by atoms with Crippen LogP contribution < -0.4 is 4.90 Å². The molecule has 0 fully saturated rings. The predicted octanol–water partition coefficient (Wildman–Crippen LogP) is 3.03. The normalized spacial score (nSPS) is 11.8. The zero-order valence-electron chi connectivity index (χ0n) is 16.1. The molecule has 0 aliphatic heterocycles. The van der Waals surface area contributed by atoms with E-state index < -0.39 is 10.0 Å². The second-order valence-corrected chi connectivity index (χ2v) is 8.04. The molecule has 0 radical (unpaired) electrons. The number of para-hydroxylation sites is 1. The smallest absolute Gasteiger partial charge is 0.274 e. The summed E-state index contributed by atoms with van der Waals surface area (Å²) in [7, 11) is -1.91. The van der Waals surface area contributed by atoms with Crippen molar-refractivity contribution >= 4 is 21.6 Å². The molecule has 0 spiro atoms. The van der Waals surface area contributed by atoms with Crippen LogP contribution in [-0.2, 0) is 17.1 Å². The summed E-state index contributed by atoms with van der Waals surface area (Å²) >= 11 is 0. The van der Waals surface area contributed by atoms with Crippen molar-refractivity contribution in [3.05, 3.63) is 47.8 Å². The molecule has 0 saturated heterocycles. The van der Waals surface area contributed by atoms with Gasteiger partial charge in [-0.15, -0.1) is 0 Å². The van der Waals surface area contributed by atoms with Crippen LogP contribution in [0.5, 0.6) is 0 Å². The summed E-state index contributed by atoms with van der Waals surface area (Å²) in [6.45, 7) is 8.73. The van der Waals surface area contributed by atoms with E-state index in [1.54, 1.807) is 30.4 Å². The minimum absolute atomic E-state index is 0.146. The number of hydrogen-bond acceptors (Lipinski definition) is 3. The first-order valence-corrected chi connectivity index (χ1v) is 10.3. The molecule has 142 valence electrons. The Labute approximate surface area is 156 Å². The molecule has 2 aromatic rings. The summed E-state index contributed by atoms with van der Waals surface area (Å²) < 4.78 is 28.4. The Kier molecular flexibility index (Phi) is 6.26. The Bertz CT molecular complexity index is 883. The maximum Gasteiger partial charge on any atom is 0.274 e. The molecule has 0 aliphatic rings. The van der Waals surface area contributed by atoms with E-state index >= 15 is 0 Å². The lowest BCUT2D eigenvalue weighted by atomic mass is 10.1. The standard InChI is InChI=1S/C19H27N3O3S/c1-6-21(7-2)26(24,25)16-13-18(20(5)14-16)19(23)22(8-3)17-12-10-9-11-15(17)4/h9-14H,6-8H2,1-5H3. The first-order chi connectivity index (χ1) is 12.3. The van der Waals surface area contributed by atoms with E-state index in [0.29, 0.717) is 25.3 Å². The number of nitrogens with zero attached hydrogens (tertiary/aromatic N) is 3. The Morgan fingerprint density at radius 1 is 1.08 bits per heavy atom. The van der Waals surface area contributed by atoms with Crippen LogP contribution in [0.4, 0.5) is 5.69 Å². The molecule has 0 saturated carbocycles. The van der Waals surface area contributed by atoms with Crippen molar-refractivity contribution in [2.75, 3.05) is 24.5 Å². The Hall–Kier alpha value is -2.12. The largest absolute Gasteiger partial charge is 0.345 e. The lowest BCUT2D eigenvalue weighted by molar-refractivity contribution is 0.0980. The summed E-state index contributed by atoms with van der Waals surface area (Å²) in [5.41, 5.74) is 2.17. The van der Waals surface area contributed by atoms with E-state index in [-0.39, 0.29) is 10.8 Å².